The molecule has 1 saturated carbocycles. The predicted molar refractivity (Wildman–Crippen MR) is 226 cm³/mol. The smallest absolute Gasteiger partial charge is 0.284 e. The van der Waals surface area contributed by atoms with Gasteiger partial charge in [-0.15, -0.1) is 0 Å². The van der Waals surface area contributed by atoms with Gasteiger partial charge in [-0.1, -0.05) is 12.1 Å². The molecule has 1 aromatic carbocycles. The highest BCUT2D eigenvalue weighted by Crippen LogP contribution is 2.36. The number of aryl methyl sites for hydroxylation is 2. The van der Waals surface area contributed by atoms with Crippen molar-refractivity contribution in [2.24, 2.45) is 5.92 Å². The summed E-state index contributed by atoms with van der Waals surface area (Å²) in [6, 6.07) is 7.45. The Morgan fingerprint density at radius 2 is 1.87 bits per heavy atom. The maximum Gasteiger partial charge on any atom is 0.284 e. The Labute approximate surface area is 358 Å². The lowest BCUT2D eigenvalue weighted by Crippen LogP contribution is -2.42. The number of nitrogens with one attached hydrogen (secondary N) is 2. The highest BCUT2D eigenvalue weighted by atomic mass is 19.3. The van der Waals surface area contributed by atoms with Gasteiger partial charge in [0, 0.05) is 63.5 Å². The van der Waals surface area contributed by atoms with Gasteiger partial charge in [0.1, 0.15) is 17.4 Å². The van der Waals surface area contributed by atoms with Gasteiger partial charge in [-0.25, -0.2) is 18.3 Å². The number of anilines is 2. The minimum absolute atomic E-state index is 0.00113. The molecule has 5 aromatic rings. The number of amides is 3. The lowest BCUT2D eigenvalue weighted by molar-refractivity contribution is -0.135. The van der Waals surface area contributed by atoms with E-state index in [0.717, 1.165) is 87.6 Å². The third kappa shape index (κ3) is 8.95. The third-order valence-corrected chi connectivity index (χ3v) is 13.1. The van der Waals surface area contributed by atoms with Gasteiger partial charge in [0.05, 0.1) is 48.0 Å². The zero-order chi connectivity index (χ0) is 42.9. The van der Waals surface area contributed by atoms with E-state index < -0.39 is 24.1 Å². The third-order valence-electron chi connectivity index (χ3n) is 13.1. The van der Waals surface area contributed by atoms with Crippen molar-refractivity contribution in [3.63, 3.8) is 0 Å². The Kier molecular flexibility index (Phi) is 12.3. The van der Waals surface area contributed by atoms with Crippen LogP contribution in [0.5, 0.6) is 0 Å². The number of morpholine rings is 1. The number of halogens is 2. The first-order valence-corrected chi connectivity index (χ1v) is 22.1. The van der Waals surface area contributed by atoms with Gasteiger partial charge in [0.2, 0.25) is 5.91 Å². The first-order valence-electron chi connectivity index (χ1n) is 22.1. The second kappa shape index (κ2) is 18.2. The number of fused-ring (bicyclic) bond motifs is 2. The number of carbonyl (C=O) groups is 3. The molecule has 0 spiro atoms. The molecule has 0 bridgehead atoms. The van der Waals surface area contributed by atoms with Crippen molar-refractivity contribution < 1.29 is 32.6 Å². The van der Waals surface area contributed by atoms with Crippen LogP contribution in [0.1, 0.15) is 111 Å². The van der Waals surface area contributed by atoms with E-state index in [0.29, 0.717) is 56.5 Å². The molecule has 1 aliphatic carbocycles. The van der Waals surface area contributed by atoms with Crippen LogP contribution < -0.4 is 15.5 Å². The van der Waals surface area contributed by atoms with E-state index in [4.69, 9.17) is 19.6 Å². The van der Waals surface area contributed by atoms with Crippen molar-refractivity contribution in [3.05, 3.63) is 65.4 Å². The van der Waals surface area contributed by atoms with Crippen molar-refractivity contribution in [2.75, 3.05) is 56.2 Å². The number of benzene rings is 1. The molecule has 3 aliphatic heterocycles. The Hall–Kier alpha value is -5.33. The van der Waals surface area contributed by atoms with Crippen LogP contribution in [0.2, 0.25) is 0 Å². The molecule has 1 unspecified atom stereocenters. The van der Waals surface area contributed by atoms with Gasteiger partial charge in [-0.3, -0.25) is 29.1 Å². The molecule has 0 radical (unpaired) electrons. The molecule has 4 aromatic heterocycles. The van der Waals surface area contributed by atoms with E-state index in [1.54, 1.807) is 21.8 Å². The normalized spacial score (nSPS) is 23.1. The summed E-state index contributed by atoms with van der Waals surface area (Å²) in [7, 11) is 0. The van der Waals surface area contributed by atoms with Crippen molar-refractivity contribution >= 4 is 45.8 Å². The number of piperidine rings is 2. The van der Waals surface area contributed by atoms with Crippen LogP contribution >= 0.6 is 0 Å². The van der Waals surface area contributed by atoms with Crippen LogP contribution in [-0.4, -0.2) is 115 Å². The lowest BCUT2D eigenvalue weighted by Gasteiger charge is -2.36. The predicted octanol–water partition coefficient (Wildman–Crippen LogP) is 5.82. The van der Waals surface area contributed by atoms with Crippen LogP contribution in [0.15, 0.2) is 42.9 Å². The lowest BCUT2D eigenvalue weighted by atomic mass is 9.85. The maximum atomic E-state index is 14.3. The number of hydrogen-bond acceptors (Lipinski definition) is 11. The van der Waals surface area contributed by atoms with E-state index in [1.165, 1.54) is 16.3 Å². The summed E-state index contributed by atoms with van der Waals surface area (Å²) in [5, 5.41) is 19.5. The Morgan fingerprint density at radius 1 is 1.05 bits per heavy atom. The first-order chi connectivity index (χ1) is 30.1. The molecule has 2 N–H and O–H groups in total. The molecule has 330 valence electrons. The molecular formula is C44H55F2N11O5. The standard InChI is InChI=1S/C44H55F2N11O5/c1-27-24-54(20-22-61-27)37-16-19-55-42(49-37)33(23-47-55)43(59)48-34-26-56(52-40(34)41(45)46)31-10-8-29(9-11-31)25-53-17-14-32(15-18-53)62-21-4-6-30-5-3-7-35-39(30)28(2)51-57(35)36-12-13-38(58)50-44(36)60/h3,5,7,16,19,23,26-27,29,31-32,36,41H,4,6,8-15,17-18,20-22,24-25H2,1-2H3,(H,48,59)(H,50,58,60)/t27-,29?,31?,36?/m1/s1. The van der Waals surface area contributed by atoms with Crippen molar-refractivity contribution in [1.29, 1.82) is 0 Å². The highest BCUT2D eigenvalue weighted by Gasteiger charge is 2.32. The Morgan fingerprint density at radius 3 is 2.65 bits per heavy atom. The molecule has 9 rings (SSSR count). The van der Waals surface area contributed by atoms with E-state index in [-0.39, 0.29) is 41.3 Å². The molecule has 3 saturated heterocycles. The zero-order valence-corrected chi connectivity index (χ0v) is 35.3. The van der Waals surface area contributed by atoms with Crippen LogP contribution in [-0.2, 0) is 25.5 Å². The Balaban J connectivity index is 0.725. The molecule has 16 nitrogen and oxygen atoms in total. The SMILES string of the molecule is Cc1nn(C2CCC(=O)NC2=O)c2cccc(CCCOC3CCN(CC4CCC(n5cc(NC(=O)c6cnn7ccc(N8CCO[C@H](C)C8)nc67)c(C(F)F)n5)CC4)CC3)c12. The fourth-order valence-electron chi connectivity index (χ4n) is 9.81. The number of likely N-dealkylation sites (tertiary alicyclic amines) is 1. The molecule has 3 amide bonds. The molecule has 4 aliphatic rings. The number of hydrogen-bond donors (Lipinski definition) is 2. The molecular weight excluding hydrogens is 801 g/mol. The number of carbonyl (C=O) groups excluding carboxylic acids is 3. The van der Waals surface area contributed by atoms with Crippen LogP contribution in [0, 0.1) is 12.8 Å². The fourth-order valence-corrected chi connectivity index (χ4v) is 9.81. The monoisotopic (exact) mass is 855 g/mol. The number of aromatic nitrogens is 7. The van der Waals surface area contributed by atoms with Crippen LogP contribution in [0.4, 0.5) is 20.3 Å². The minimum atomic E-state index is -2.85. The van der Waals surface area contributed by atoms with Gasteiger partial charge in [0.15, 0.2) is 11.3 Å². The summed E-state index contributed by atoms with van der Waals surface area (Å²) in [4.78, 5) is 47.1. The number of nitrogens with zero attached hydrogens (tertiary/aromatic N) is 9. The van der Waals surface area contributed by atoms with Gasteiger partial charge in [-0.2, -0.15) is 15.3 Å². The number of imide groups is 1. The van der Waals surface area contributed by atoms with Crippen molar-refractivity contribution in [2.45, 2.75) is 109 Å². The number of ether oxygens (including phenoxy) is 2. The fraction of sp³-hybridized carbons (Fsp3) is 0.568. The largest absolute Gasteiger partial charge is 0.378 e. The molecule has 18 heteroatoms. The average molecular weight is 856 g/mol. The molecule has 2 atom stereocenters. The van der Waals surface area contributed by atoms with Gasteiger partial charge >= 0.3 is 0 Å². The second-order valence-corrected chi connectivity index (χ2v) is 17.4. The van der Waals surface area contributed by atoms with E-state index in [1.807, 2.05) is 32.0 Å². The van der Waals surface area contributed by atoms with E-state index in [9.17, 15) is 23.2 Å². The molecule has 7 heterocycles. The molecule has 4 fully saturated rings. The summed E-state index contributed by atoms with van der Waals surface area (Å²) in [5.74, 6) is 0.116. The van der Waals surface area contributed by atoms with Gasteiger partial charge in [-0.05, 0) is 95.2 Å². The van der Waals surface area contributed by atoms with E-state index >= 15 is 0 Å². The highest BCUT2D eigenvalue weighted by molar-refractivity contribution is 6.08. The van der Waals surface area contributed by atoms with Crippen molar-refractivity contribution in [3.8, 4) is 0 Å². The Bertz CT molecular complexity index is 2420. The number of rotatable bonds is 13. The van der Waals surface area contributed by atoms with Crippen LogP contribution in [0.3, 0.4) is 0 Å². The maximum absolute atomic E-state index is 14.3. The first kappa shape index (κ1) is 42.0. The summed E-state index contributed by atoms with van der Waals surface area (Å²) >= 11 is 0. The van der Waals surface area contributed by atoms with Gasteiger partial charge in [0.25, 0.3) is 18.2 Å². The summed E-state index contributed by atoms with van der Waals surface area (Å²) in [6.07, 6.45) is 10.2. The summed E-state index contributed by atoms with van der Waals surface area (Å²) in [6.45, 7) is 9.54. The summed E-state index contributed by atoms with van der Waals surface area (Å²) in [5.41, 5.74) is 3.08. The molecule has 62 heavy (non-hydrogen) atoms. The van der Waals surface area contributed by atoms with Crippen LogP contribution in [0.25, 0.3) is 16.6 Å². The quantitative estimate of drug-likeness (QED) is 0.108. The summed E-state index contributed by atoms with van der Waals surface area (Å²) < 4.78 is 45.5. The van der Waals surface area contributed by atoms with E-state index in [2.05, 4.69) is 36.7 Å². The topological polar surface area (TPSA) is 166 Å². The second-order valence-electron chi connectivity index (χ2n) is 17.4. The zero-order valence-electron chi connectivity index (χ0n) is 35.3. The minimum Gasteiger partial charge on any atom is -0.378 e. The number of alkyl halides is 2. The average Bonchev–Trinajstić information content (AvgIpc) is 3.99. The van der Waals surface area contributed by atoms with Gasteiger partial charge < -0.3 is 24.6 Å². The van der Waals surface area contributed by atoms with Crippen molar-refractivity contribution in [1.82, 2.24) is 44.4 Å².